The lowest BCUT2D eigenvalue weighted by Gasteiger charge is -2.11. The van der Waals surface area contributed by atoms with Gasteiger partial charge in [0, 0.05) is 6.54 Å². The number of fused-ring (bicyclic) bond motifs is 1. The van der Waals surface area contributed by atoms with Crippen molar-refractivity contribution in [3.8, 4) is 11.1 Å². The molecule has 30 heavy (non-hydrogen) atoms. The second kappa shape index (κ2) is 8.72. The molecule has 0 saturated heterocycles. The molecule has 0 bridgehead atoms. The standard InChI is InChI=1S/C26H22F3N/c27-26(28,29)23-11-4-6-19(17-23)14-15-30-18-20-7-3-10-22(16-20)25-13-5-9-21-8-1-2-12-24(21)25/h1-13,16-17,30H,14-15,18H2. The molecule has 0 unspecified atom stereocenters. The summed E-state index contributed by atoms with van der Waals surface area (Å²) in [6.45, 7) is 1.28. The lowest BCUT2D eigenvalue weighted by molar-refractivity contribution is -0.137. The maximum absolute atomic E-state index is 12.8. The van der Waals surface area contributed by atoms with E-state index in [0.29, 0.717) is 25.1 Å². The van der Waals surface area contributed by atoms with Crippen LogP contribution in [-0.4, -0.2) is 6.54 Å². The zero-order valence-corrected chi connectivity index (χ0v) is 16.4. The lowest BCUT2D eigenvalue weighted by Crippen LogP contribution is -2.17. The van der Waals surface area contributed by atoms with Crippen molar-refractivity contribution in [2.75, 3.05) is 6.54 Å². The Hall–Kier alpha value is -3.11. The Morgan fingerprint density at radius 3 is 2.30 bits per heavy atom. The van der Waals surface area contributed by atoms with Gasteiger partial charge < -0.3 is 5.32 Å². The molecule has 0 aliphatic carbocycles. The molecule has 0 saturated carbocycles. The Balaban J connectivity index is 1.41. The van der Waals surface area contributed by atoms with Gasteiger partial charge in [-0.1, -0.05) is 78.9 Å². The topological polar surface area (TPSA) is 12.0 Å². The normalized spacial score (nSPS) is 11.7. The maximum atomic E-state index is 12.8. The quantitative estimate of drug-likeness (QED) is 0.346. The van der Waals surface area contributed by atoms with Crippen LogP contribution in [-0.2, 0) is 19.1 Å². The van der Waals surface area contributed by atoms with Crippen molar-refractivity contribution in [2.24, 2.45) is 0 Å². The monoisotopic (exact) mass is 405 g/mol. The second-order valence-corrected chi connectivity index (χ2v) is 7.35. The van der Waals surface area contributed by atoms with Crippen LogP contribution in [0.5, 0.6) is 0 Å². The molecule has 152 valence electrons. The molecule has 0 amide bonds. The van der Waals surface area contributed by atoms with E-state index in [9.17, 15) is 13.2 Å². The van der Waals surface area contributed by atoms with Crippen molar-refractivity contribution < 1.29 is 13.2 Å². The first-order valence-electron chi connectivity index (χ1n) is 9.95. The molecule has 0 fully saturated rings. The predicted molar refractivity (Wildman–Crippen MR) is 116 cm³/mol. The molecule has 4 rings (SSSR count). The lowest BCUT2D eigenvalue weighted by atomic mass is 9.97. The molecule has 0 heterocycles. The first-order chi connectivity index (χ1) is 14.5. The van der Waals surface area contributed by atoms with E-state index < -0.39 is 11.7 Å². The molecule has 1 nitrogen and oxygen atoms in total. The smallest absolute Gasteiger partial charge is 0.312 e. The summed E-state index contributed by atoms with van der Waals surface area (Å²) in [5.41, 5.74) is 3.58. The highest BCUT2D eigenvalue weighted by atomic mass is 19.4. The van der Waals surface area contributed by atoms with E-state index in [1.807, 2.05) is 18.2 Å². The predicted octanol–water partition coefficient (Wildman–Crippen LogP) is 6.86. The van der Waals surface area contributed by atoms with Gasteiger partial charge in [-0.05, 0) is 58.1 Å². The second-order valence-electron chi connectivity index (χ2n) is 7.35. The first kappa shape index (κ1) is 20.2. The Bertz CT molecular complexity index is 1140. The van der Waals surface area contributed by atoms with Crippen LogP contribution in [0.4, 0.5) is 13.2 Å². The fraction of sp³-hybridized carbons (Fsp3) is 0.154. The third-order valence-electron chi connectivity index (χ3n) is 5.20. The highest BCUT2D eigenvalue weighted by molar-refractivity contribution is 5.96. The van der Waals surface area contributed by atoms with E-state index in [4.69, 9.17) is 0 Å². The van der Waals surface area contributed by atoms with Gasteiger partial charge in [-0.25, -0.2) is 0 Å². The van der Waals surface area contributed by atoms with Crippen molar-refractivity contribution in [2.45, 2.75) is 19.1 Å². The van der Waals surface area contributed by atoms with Crippen LogP contribution in [0.3, 0.4) is 0 Å². The van der Waals surface area contributed by atoms with E-state index in [1.54, 1.807) is 6.07 Å². The zero-order valence-electron chi connectivity index (χ0n) is 16.4. The fourth-order valence-corrected chi connectivity index (χ4v) is 3.69. The Kier molecular flexibility index (Phi) is 5.86. The van der Waals surface area contributed by atoms with Crippen LogP contribution in [0.2, 0.25) is 0 Å². The van der Waals surface area contributed by atoms with Crippen molar-refractivity contribution in [1.82, 2.24) is 5.32 Å². The molecular weight excluding hydrogens is 383 g/mol. The molecule has 0 atom stereocenters. The SMILES string of the molecule is FC(F)(F)c1cccc(CCNCc2cccc(-c3cccc4ccccc34)c2)c1. The van der Waals surface area contributed by atoms with Crippen LogP contribution < -0.4 is 5.32 Å². The average Bonchev–Trinajstić information content (AvgIpc) is 2.76. The summed E-state index contributed by atoms with van der Waals surface area (Å²) in [5, 5.41) is 5.77. The molecule has 4 aromatic rings. The summed E-state index contributed by atoms with van der Waals surface area (Å²) < 4.78 is 38.5. The average molecular weight is 405 g/mol. The third-order valence-corrected chi connectivity index (χ3v) is 5.20. The molecule has 0 spiro atoms. The van der Waals surface area contributed by atoms with E-state index in [1.165, 1.54) is 28.5 Å². The third kappa shape index (κ3) is 4.71. The summed E-state index contributed by atoms with van der Waals surface area (Å²) in [5.74, 6) is 0. The minimum atomic E-state index is -4.30. The van der Waals surface area contributed by atoms with E-state index in [-0.39, 0.29) is 0 Å². The number of hydrogen-bond donors (Lipinski definition) is 1. The molecule has 0 aliphatic heterocycles. The number of rotatable bonds is 6. The minimum absolute atomic E-state index is 0.549. The molecular formula is C26H22F3N. The van der Waals surface area contributed by atoms with Gasteiger partial charge in [0.25, 0.3) is 0 Å². The number of hydrogen-bond acceptors (Lipinski definition) is 1. The van der Waals surface area contributed by atoms with E-state index in [0.717, 1.165) is 17.2 Å². The van der Waals surface area contributed by atoms with Crippen LogP contribution in [0.25, 0.3) is 21.9 Å². The van der Waals surface area contributed by atoms with Crippen molar-refractivity contribution in [1.29, 1.82) is 0 Å². The number of nitrogens with one attached hydrogen (secondary N) is 1. The van der Waals surface area contributed by atoms with Crippen LogP contribution in [0, 0.1) is 0 Å². The molecule has 4 heteroatoms. The first-order valence-corrected chi connectivity index (χ1v) is 9.95. The maximum Gasteiger partial charge on any atom is 0.416 e. The summed E-state index contributed by atoms with van der Waals surface area (Å²) in [7, 11) is 0. The Morgan fingerprint density at radius 1 is 0.700 bits per heavy atom. The minimum Gasteiger partial charge on any atom is -0.312 e. The summed E-state index contributed by atoms with van der Waals surface area (Å²) in [6, 6.07) is 28.5. The molecule has 0 aromatic heterocycles. The van der Waals surface area contributed by atoms with Crippen molar-refractivity contribution in [3.63, 3.8) is 0 Å². The number of halogens is 3. The summed E-state index contributed by atoms with van der Waals surface area (Å²) in [6.07, 6.45) is -3.75. The van der Waals surface area contributed by atoms with Gasteiger partial charge in [0.15, 0.2) is 0 Å². The zero-order chi connectivity index (χ0) is 21.0. The molecule has 0 aliphatic rings. The van der Waals surface area contributed by atoms with Crippen LogP contribution >= 0.6 is 0 Å². The van der Waals surface area contributed by atoms with Gasteiger partial charge in [-0.15, -0.1) is 0 Å². The van der Waals surface area contributed by atoms with Gasteiger partial charge in [0.05, 0.1) is 5.56 Å². The molecule has 1 N–H and O–H groups in total. The highest BCUT2D eigenvalue weighted by Crippen LogP contribution is 2.30. The van der Waals surface area contributed by atoms with Crippen LogP contribution in [0.1, 0.15) is 16.7 Å². The van der Waals surface area contributed by atoms with Gasteiger partial charge in [0.2, 0.25) is 0 Å². The fourth-order valence-electron chi connectivity index (χ4n) is 3.69. The van der Waals surface area contributed by atoms with Crippen molar-refractivity contribution >= 4 is 10.8 Å². The van der Waals surface area contributed by atoms with Crippen LogP contribution in [0.15, 0.2) is 91.0 Å². The van der Waals surface area contributed by atoms with Crippen molar-refractivity contribution in [3.05, 3.63) is 108 Å². The largest absolute Gasteiger partial charge is 0.416 e. The van der Waals surface area contributed by atoms with Gasteiger partial charge in [0.1, 0.15) is 0 Å². The van der Waals surface area contributed by atoms with Gasteiger partial charge in [-0.2, -0.15) is 13.2 Å². The van der Waals surface area contributed by atoms with Gasteiger partial charge in [-0.3, -0.25) is 0 Å². The molecule has 4 aromatic carbocycles. The van der Waals surface area contributed by atoms with E-state index >= 15 is 0 Å². The molecule has 0 radical (unpaired) electrons. The number of alkyl halides is 3. The summed E-state index contributed by atoms with van der Waals surface area (Å²) in [4.78, 5) is 0. The van der Waals surface area contributed by atoms with E-state index in [2.05, 4.69) is 53.8 Å². The highest BCUT2D eigenvalue weighted by Gasteiger charge is 2.30. The number of benzene rings is 4. The summed E-state index contributed by atoms with van der Waals surface area (Å²) >= 11 is 0. The Morgan fingerprint density at radius 2 is 1.43 bits per heavy atom. The van der Waals surface area contributed by atoms with Gasteiger partial charge >= 0.3 is 6.18 Å². The Labute approximate surface area is 174 Å².